The van der Waals surface area contributed by atoms with E-state index < -0.39 is 30.0 Å². The number of carbonyl (C=O) groups is 2. The topological polar surface area (TPSA) is 59.1 Å². The molecule has 172 valence electrons. The highest BCUT2D eigenvalue weighted by Gasteiger charge is 2.39. The van der Waals surface area contributed by atoms with Gasteiger partial charge >= 0.3 is 12.2 Å². The molecule has 0 bridgehead atoms. The lowest BCUT2D eigenvalue weighted by atomic mass is 10.0. The van der Waals surface area contributed by atoms with Crippen molar-refractivity contribution in [3.8, 4) is 0 Å². The fourth-order valence-electron chi connectivity index (χ4n) is 3.64. The van der Waals surface area contributed by atoms with Crippen molar-refractivity contribution in [1.82, 2.24) is 9.80 Å². The molecule has 32 heavy (non-hydrogen) atoms. The van der Waals surface area contributed by atoms with Gasteiger partial charge in [0.25, 0.3) is 0 Å². The fraction of sp³-hybridized carbons (Fsp3) is 0.440. The first-order chi connectivity index (χ1) is 15.2. The van der Waals surface area contributed by atoms with Crippen molar-refractivity contribution in [3.05, 3.63) is 71.8 Å². The zero-order valence-electron chi connectivity index (χ0n) is 18.9. The van der Waals surface area contributed by atoms with Gasteiger partial charge < -0.3 is 14.4 Å². The largest absolute Gasteiger partial charge is 0.445 e. The minimum Gasteiger partial charge on any atom is -0.445 e. The number of halogens is 1. The van der Waals surface area contributed by atoms with Crippen molar-refractivity contribution in [2.24, 2.45) is 0 Å². The average molecular weight is 443 g/mol. The summed E-state index contributed by atoms with van der Waals surface area (Å²) in [7, 11) is 0. The molecule has 0 unspecified atom stereocenters. The number of alkyl halides is 1. The van der Waals surface area contributed by atoms with Crippen LogP contribution in [0.2, 0.25) is 0 Å². The summed E-state index contributed by atoms with van der Waals surface area (Å²) in [6.07, 6.45) is -2.23. The van der Waals surface area contributed by atoms with Gasteiger partial charge in [-0.05, 0) is 38.3 Å². The van der Waals surface area contributed by atoms with Crippen molar-refractivity contribution in [2.45, 2.75) is 58.2 Å². The third-order valence-electron chi connectivity index (χ3n) is 5.19. The van der Waals surface area contributed by atoms with Crippen LogP contribution in [0, 0.1) is 0 Å². The number of piperidine rings is 1. The maximum atomic E-state index is 15.3. The van der Waals surface area contributed by atoms with Gasteiger partial charge in [-0.25, -0.2) is 14.0 Å². The number of amides is 2. The van der Waals surface area contributed by atoms with E-state index in [2.05, 4.69) is 0 Å². The standard InChI is InChI=1S/C25H31FN2O4/c1-25(2,3)32-23(29)27-15-14-22(21(26)17-27)28(16-19-10-6-4-7-11-19)24(30)31-18-20-12-8-5-9-13-20/h4-13,21-22H,14-18H2,1-3H3/t21-,22+/m0/s1. The van der Waals surface area contributed by atoms with E-state index in [0.717, 1.165) is 11.1 Å². The molecule has 2 atom stereocenters. The van der Waals surface area contributed by atoms with Crippen molar-refractivity contribution in [3.63, 3.8) is 0 Å². The van der Waals surface area contributed by atoms with Crippen molar-refractivity contribution >= 4 is 12.2 Å². The number of nitrogens with zero attached hydrogens (tertiary/aromatic N) is 2. The molecule has 0 spiro atoms. The van der Waals surface area contributed by atoms with E-state index >= 15 is 4.39 Å². The number of ether oxygens (including phenoxy) is 2. The predicted octanol–water partition coefficient (Wildman–Crippen LogP) is 5.17. The molecule has 1 aliphatic rings. The van der Waals surface area contributed by atoms with E-state index in [-0.39, 0.29) is 19.7 Å². The quantitative estimate of drug-likeness (QED) is 0.641. The zero-order valence-corrected chi connectivity index (χ0v) is 18.9. The fourth-order valence-corrected chi connectivity index (χ4v) is 3.64. The minimum atomic E-state index is -1.41. The second kappa shape index (κ2) is 10.5. The van der Waals surface area contributed by atoms with E-state index in [1.165, 1.54) is 9.80 Å². The first kappa shape index (κ1) is 23.6. The molecular formula is C25H31FN2O4. The van der Waals surface area contributed by atoms with Gasteiger partial charge in [0.15, 0.2) is 0 Å². The number of likely N-dealkylation sites (tertiary alicyclic amines) is 1. The van der Waals surface area contributed by atoms with Crippen LogP contribution in [0.4, 0.5) is 14.0 Å². The Morgan fingerprint density at radius 1 is 1.03 bits per heavy atom. The summed E-state index contributed by atoms with van der Waals surface area (Å²) in [4.78, 5) is 28.2. The molecule has 0 saturated carbocycles. The average Bonchev–Trinajstić information content (AvgIpc) is 2.76. The summed E-state index contributed by atoms with van der Waals surface area (Å²) in [6.45, 7) is 5.83. The summed E-state index contributed by atoms with van der Waals surface area (Å²) < 4.78 is 26.2. The molecule has 2 aromatic carbocycles. The van der Waals surface area contributed by atoms with Gasteiger partial charge in [0, 0.05) is 13.1 Å². The first-order valence-electron chi connectivity index (χ1n) is 10.9. The van der Waals surface area contributed by atoms with E-state index in [1.807, 2.05) is 60.7 Å². The molecule has 7 heteroatoms. The van der Waals surface area contributed by atoms with Crippen molar-refractivity contribution in [2.75, 3.05) is 13.1 Å². The van der Waals surface area contributed by atoms with Gasteiger partial charge in [-0.15, -0.1) is 0 Å². The number of hydrogen-bond donors (Lipinski definition) is 0. The van der Waals surface area contributed by atoms with Crippen LogP contribution < -0.4 is 0 Å². The van der Waals surface area contributed by atoms with E-state index in [4.69, 9.17) is 9.47 Å². The van der Waals surface area contributed by atoms with Crippen LogP contribution in [0.5, 0.6) is 0 Å². The first-order valence-corrected chi connectivity index (χ1v) is 10.9. The molecule has 2 aromatic rings. The maximum Gasteiger partial charge on any atom is 0.410 e. The lowest BCUT2D eigenvalue weighted by Crippen LogP contribution is -2.55. The minimum absolute atomic E-state index is 0.110. The van der Waals surface area contributed by atoms with Gasteiger partial charge in [0.1, 0.15) is 18.4 Å². The highest BCUT2D eigenvalue weighted by molar-refractivity contribution is 5.69. The van der Waals surface area contributed by atoms with Gasteiger partial charge in [-0.2, -0.15) is 0 Å². The zero-order chi connectivity index (χ0) is 23.1. The molecular weight excluding hydrogens is 411 g/mol. The van der Waals surface area contributed by atoms with Gasteiger partial charge in [-0.3, -0.25) is 4.90 Å². The molecule has 0 radical (unpaired) electrons. The molecule has 6 nitrogen and oxygen atoms in total. The maximum absolute atomic E-state index is 15.3. The number of carbonyl (C=O) groups excluding carboxylic acids is 2. The highest BCUT2D eigenvalue weighted by Crippen LogP contribution is 2.24. The Morgan fingerprint density at radius 2 is 1.62 bits per heavy atom. The van der Waals surface area contributed by atoms with Crippen LogP contribution in [0.3, 0.4) is 0 Å². The molecule has 0 N–H and O–H groups in total. The highest BCUT2D eigenvalue weighted by atomic mass is 19.1. The van der Waals surface area contributed by atoms with Crippen molar-refractivity contribution < 1.29 is 23.5 Å². The molecule has 1 saturated heterocycles. The number of benzene rings is 2. The van der Waals surface area contributed by atoms with E-state index in [0.29, 0.717) is 13.0 Å². The van der Waals surface area contributed by atoms with Gasteiger partial charge in [-0.1, -0.05) is 60.7 Å². The summed E-state index contributed by atoms with van der Waals surface area (Å²) in [5, 5.41) is 0. The van der Waals surface area contributed by atoms with Crippen molar-refractivity contribution in [1.29, 1.82) is 0 Å². The van der Waals surface area contributed by atoms with Crippen LogP contribution in [0.25, 0.3) is 0 Å². The van der Waals surface area contributed by atoms with Crippen LogP contribution in [0.15, 0.2) is 60.7 Å². The molecule has 1 fully saturated rings. The van der Waals surface area contributed by atoms with Crippen LogP contribution in [-0.4, -0.2) is 52.9 Å². The molecule has 1 heterocycles. The smallest absolute Gasteiger partial charge is 0.410 e. The van der Waals surface area contributed by atoms with Crippen LogP contribution >= 0.6 is 0 Å². The lowest BCUT2D eigenvalue weighted by Gasteiger charge is -2.40. The van der Waals surface area contributed by atoms with E-state index in [1.54, 1.807) is 20.8 Å². The molecule has 1 aliphatic heterocycles. The summed E-state index contributed by atoms with van der Waals surface area (Å²) in [5.41, 5.74) is 1.09. The van der Waals surface area contributed by atoms with E-state index in [9.17, 15) is 9.59 Å². The second-order valence-corrected chi connectivity index (χ2v) is 8.95. The Hall–Kier alpha value is -3.09. The van der Waals surface area contributed by atoms with Gasteiger partial charge in [0.05, 0.1) is 12.6 Å². The number of rotatable bonds is 5. The molecule has 3 rings (SSSR count). The second-order valence-electron chi connectivity index (χ2n) is 8.95. The SMILES string of the molecule is CC(C)(C)OC(=O)N1CC[C@@H](N(Cc2ccccc2)C(=O)OCc2ccccc2)[C@@H](F)C1. The third kappa shape index (κ3) is 6.70. The molecule has 0 aliphatic carbocycles. The Morgan fingerprint density at radius 3 is 2.19 bits per heavy atom. The van der Waals surface area contributed by atoms with Gasteiger partial charge in [0.2, 0.25) is 0 Å². The van der Waals surface area contributed by atoms with Crippen LogP contribution in [-0.2, 0) is 22.6 Å². The third-order valence-corrected chi connectivity index (χ3v) is 5.19. The monoisotopic (exact) mass is 442 g/mol. The Balaban J connectivity index is 1.70. The summed E-state index contributed by atoms with van der Waals surface area (Å²) >= 11 is 0. The Labute approximate surface area is 188 Å². The molecule has 2 amide bonds. The predicted molar refractivity (Wildman–Crippen MR) is 120 cm³/mol. The molecule has 0 aromatic heterocycles. The number of hydrogen-bond acceptors (Lipinski definition) is 4. The Bertz CT molecular complexity index is 886. The Kier molecular flexibility index (Phi) is 7.72. The van der Waals surface area contributed by atoms with Crippen LogP contribution in [0.1, 0.15) is 38.3 Å². The summed E-state index contributed by atoms with van der Waals surface area (Å²) in [5.74, 6) is 0. The normalized spacial score (nSPS) is 18.7. The summed E-state index contributed by atoms with van der Waals surface area (Å²) in [6, 6.07) is 18.1. The lowest BCUT2D eigenvalue weighted by molar-refractivity contribution is -0.00786.